The first-order valence-corrected chi connectivity index (χ1v) is 8.69. The number of carbonyl (C=O) groups is 1. The van der Waals surface area contributed by atoms with Crippen LogP contribution < -0.4 is 10.1 Å². The number of benzene rings is 2. The summed E-state index contributed by atoms with van der Waals surface area (Å²) in [4.78, 5) is 12.5. The maximum atomic E-state index is 12.5. The molecule has 0 spiro atoms. The number of nitrogens with one attached hydrogen (secondary N) is 1. The van der Waals surface area contributed by atoms with Gasteiger partial charge in [-0.15, -0.1) is 13.2 Å². The minimum Gasteiger partial charge on any atom is -0.507 e. The SMILES string of the molecule is C=CCc1cc(CC=C)c(OC)c(C=CC(=O)c2ccc(NC)cc2)c1O. The van der Waals surface area contributed by atoms with Gasteiger partial charge in [0, 0.05) is 18.3 Å². The van der Waals surface area contributed by atoms with Crippen LogP contribution in [-0.4, -0.2) is 25.0 Å². The summed E-state index contributed by atoms with van der Waals surface area (Å²) in [6.07, 6.45) is 7.65. The second kappa shape index (κ2) is 9.43. The Kier molecular flexibility index (Phi) is 7.00. The first-order chi connectivity index (χ1) is 13.0. The Morgan fingerprint density at radius 2 is 1.78 bits per heavy atom. The second-order valence-electron chi connectivity index (χ2n) is 6.00. The van der Waals surface area contributed by atoms with E-state index in [1.807, 2.05) is 25.2 Å². The van der Waals surface area contributed by atoms with Crippen molar-refractivity contribution in [2.75, 3.05) is 19.5 Å². The standard InChI is InChI=1S/C23H25NO3/c1-5-7-17-15-18(8-6-2)23(27-4)20(22(17)26)13-14-21(25)16-9-11-19(24-3)12-10-16/h5-6,9-15,24,26H,1-2,7-8H2,3-4H3. The lowest BCUT2D eigenvalue weighted by Gasteiger charge is -2.15. The van der Waals surface area contributed by atoms with Crippen molar-refractivity contribution in [2.45, 2.75) is 12.8 Å². The van der Waals surface area contributed by atoms with Gasteiger partial charge in [0.2, 0.25) is 0 Å². The van der Waals surface area contributed by atoms with E-state index in [2.05, 4.69) is 18.5 Å². The van der Waals surface area contributed by atoms with Crippen molar-refractivity contribution >= 4 is 17.5 Å². The summed E-state index contributed by atoms with van der Waals surface area (Å²) in [5.74, 6) is 0.474. The van der Waals surface area contributed by atoms with Crippen LogP contribution in [0.4, 0.5) is 5.69 Å². The molecule has 4 nitrogen and oxygen atoms in total. The Bertz CT molecular complexity index is 864. The first kappa shape index (κ1) is 20.0. The van der Waals surface area contributed by atoms with Crippen LogP contribution >= 0.6 is 0 Å². The third kappa shape index (κ3) is 4.67. The quantitative estimate of drug-likeness (QED) is 0.382. The number of aromatic hydroxyl groups is 1. The number of hydrogen-bond donors (Lipinski definition) is 2. The van der Waals surface area contributed by atoms with Gasteiger partial charge in [0.05, 0.1) is 12.7 Å². The molecule has 0 saturated carbocycles. The molecule has 27 heavy (non-hydrogen) atoms. The van der Waals surface area contributed by atoms with Crippen LogP contribution in [0.1, 0.15) is 27.0 Å². The summed E-state index contributed by atoms with van der Waals surface area (Å²) in [5, 5.41) is 13.7. The average Bonchev–Trinajstić information content (AvgIpc) is 2.69. The van der Waals surface area contributed by atoms with E-state index in [-0.39, 0.29) is 11.5 Å². The average molecular weight is 363 g/mol. The smallest absolute Gasteiger partial charge is 0.185 e. The van der Waals surface area contributed by atoms with Crippen LogP contribution in [-0.2, 0) is 12.8 Å². The lowest BCUT2D eigenvalue weighted by atomic mass is 9.97. The van der Waals surface area contributed by atoms with Gasteiger partial charge in [-0.1, -0.05) is 12.2 Å². The molecule has 0 aliphatic rings. The Hall–Kier alpha value is -3.27. The summed E-state index contributed by atoms with van der Waals surface area (Å²) >= 11 is 0. The lowest BCUT2D eigenvalue weighted by molar-refractivity contribution is 0.104. The van der Waals surface area contributed by atoms with Crippen molar-refractivity contribution in [3.05, 3.63) is 84.0 Å². The van der Waals surface area contributed by atoms with Crippen molar-refractivity contribution in [2.24, 2.45) is 0 Å². The predicted molar refractivity (Wildman–Crippen MR) is 112 cm³/mol. The van der Waals surface area contributed by atoms with Crippen molar-refractivity contribution in [1.29, 1.82) is 0 Å². The summed E-state index contributed by atoms with van der Waals surface area (Å²) < 4.78 is 5.51. The van der Waals surface area contributed by atoms with Gasteiger partial charge in [0.1, 0.15) is 11.5 Å². The first-order valence-electron chi connectivity index (χ1n) is 8.69. The monoisotopic (exact) mass is 363 g/mol. The molecule has 0 aromatic heterocycles. The Morgan fingerprint density at radius 1 is 1.15 bits per heavy atom. The maximum absolute atomic E-state index is 12.5. The Morgan fingerprint density at radius 3 is 2.33 bits per heavy atom. The van der Waals surface area contributed by atoms with E-state index in [0.717, 1.165) is 16.8 Å². The number of carbonyl (C=O) groups excluding carboxylic acids is 1. The van der Waals surface area contributed by atoms with Crippen LogP contribution in [0.15, 0.2) is 61.7 Å². The van der Waals surface area contributed by atoms with Gasteiger partial charge >= 0.3 is 0 Å². The summed E-state index contributed by atoms with van der Waals surface area (Å²) in [7, 11) is 3.37. The van der Waals surface area contributed by atoms with Gasteiger partial charge < -0.3 is 15.2 Å². The van der Waals surface area contributed by atoms with E-state index in [1.54, 1.807) is 37.5 Å². The number of ketones is 1. The van der Waals surface area contributed by atoms with Crippen LogP contribution in [0.2, 0.25) is 0 Å². The summed E-state index contributed by atoms with van der Waals surface area (Å²) in [5.41, 5.74) is 3.60. The van der Waals surface area contributed by atoms with Gasteiger partial charge in [-0.25, -0.2) is 0 Å². The molecular formula is C23H25NO3. The second-order valence-corrected chi connectivity index (χ2v) is 6.00. The highest BCUT2D eigenvalue weighted by Crippen LogP contribution is 2.37. The molecule has 0 atom stereocenters. The van der Waals surface area contributed by atoms with Crippen LogP contribution in [0.25, 0.3) is 6.08 Å². The lowest BCUT2D eigenvalue weighted by Crippen LogP contribution is -1.99. The number of rotatable bonds is 9. The Balaban J connectivity index is 2.45. The van der Waals surface area contributed by atoms with Crippen molar-refractivity contribution in [3.63, 3.8) is 0 Å². The number of methoxy groups -OCH3 is 1. The van der Waals surface area contributed by atoms with Gasteiger partial charge in [-0.2, -0.15) is 0 Å². The highest BCUT2D eigenvalue weighted by atomic mass is 16.5. The predicted octanol–water partition coefficient (Wildman–Crippen LogP) is 4.80. The molecule has 0 heterocycles. The molecule has 0 aliphatic heterocycles. The normalized spacial score (nSPS) is 10.6. The molecular weight excluding hydrogens is 338 g/mol. The fraction of sp³-hybridized carbons (Fsp3) is 0.174. The highest BCUT2D eigenvalue weighted by molar-refractivity contribution is 6.07. The van der Waals surface area contributed by atoms with Crippen LogP contribution in [0, 0.1) is 0 Å². The van der Waals surface area contributed by atoms with E-state index < -0.39 is 0 Å². The van der Waals surface area contributed by atoms with Crippen LogP contribution in [0.5, 0.6) is 11.5 Å². The van der Waals surface area contributed by atoms with Gasteiger partial charge in [0.15, 0.2) is 5.78 Å². The number of phenolic OH excluding ortho intramolecular Hbond substituents is 1. The number of ether oxygens (including phenoxy) is 1. The molecule has 2 aromatic carbocycles. The van der Waals surface area contributed by atoms with E-state index in [0.29, 0.717) is 29.7 Å². The molecule has 140 valence electrons. The zero-order valence-corrected chi connectivity index (χ0v) is 15.8. The molecule has 0 aliphatic carbocycles. The van der Waals surface area contributed by atoms with E-state index >= 15 is 0 Å². The van der Waals surface area contributed by atoms with Crippen molar-refractivity contribution in [3.8, 4) is 11.5 Å². The zero-order valence-electron chi connectivity index (χ0n) is 15.8. The summed E-state index contributed by atoms with van der Waals surface area (Å²) in [6.45, 7) is 7.50. The third-order valence-corrected chi connectivity index (χ3v) is 4.24. The Labute approximate surface area is 160 Å². The maximum Gasteiger partial charge on any atom is 0.185 e. The van der Waals surface area contributed by atoms with E-state index in [4.69, 9.17) is 4.74 Å². The molecule has 0 radical (unpaired) electrons. The molecule has 0 saturated heterocycles. The molecule has 0 amide bonds. The minimum atomic E-state index is -0.154. The fourth-order valence-corrected chi connectivity index (χ4v) is 2.87. The van der Waals surface area contributed by atoms with Crippen molar-refractivity contribution in [1.82, 2.24) is 0 Å². The topological polar surface area (TPSA) is 58.6 Å². The highest BCUT2D eigenvalue weighted by Gasteiger charge is 2.16. The number of phenols is 1. The molecule has 2 rings (SSSR count). The van der Waals surface area contributed by atoms with Crippen molar-refractivity contribution < 1.29 is 14.6 Å². The molecule has 2 N–H and O–H groups in total. The minimum absolute atomic E-state index is 0.0918. The zero-order chi connectivity index (χ0) is 19.8. The third-order valence-electron chi connectivity index (χ3n) is 4.24. The number of anilines is 1. The van der Waals surface area contributed by atoms with E-state index in [9.17, 15) is 9.90 Å². The van der Waals surface area contributed by atoms with Gasteiger partial charge in [-0.3, -0.25) is 4.79 Å². The molecule has 0 bridgehead atoms. The van der Waals surface area contributed by atoms with Crippen LogP contribution in [0.3, 0.4) is 0 Å². The summed E-state index contributed by atoms with van der Waals surface area (Å²) in [6, 6.07) is 9.07. The molecule has 4 heteroatoms. The number of allylic oxidation sites excluding steroid dienone is 3. The number of hydrogen-bond acceptors (Lipinski definition) is 4. The van der Waals surface area contributed by atoms with Gasteiger partial charge in [0.25, 0.3) is 0 Å². The van der Waals surface area contributed by atoms with Gasteiger partial charge in [-0.05, 0) is 66.5 Å². The largest absolute Gasteiger partial charge is 0.507 e. The molecule has 0 unspecified atom stereocenters. The molecule has 0 fully saturated rings. The molecule has 2 aromatic rings. The van der Waals surface area contributed by atoms with E-state index in [1.165, 1.54) is 6.08 Å². The fourth-order valence-electron chi connectivity index (χ4n) is 2.87.